The zero-order valence-corrected chi connectivity index (χ0v) is 21.9. The van der Waals surface area contributed by atoms with Crippen LogP contribution in [0.3, 0.4) is 0 Å². The first kappa shape index (κ1) is 23.5. The summed E-state index contributed by atoms with van der Waals surface area (Å²) in [6, 6.07) is 22.9. The average molecular weight is 517 g/mol. The molecule has 7 rings (SSSR count). The third kappa shape index (κ3) is 4.11. The van der Waals surface area contributed by atoms with E-state index in [-0.39, 0.29) is 0 Å². The lowest BCUT2D eigenvalue weighted by atomic mass is 10.1. The molecule has 9 heteroatoms. The van der Waals surface area contributed by atoms with Gasteiger partial charge in [0.05, 0.1) is 17.5 Å². The first-order chi connectivity index (χ1) is 19.2. The summed E-state index contributed by atoms with van der Waals surface area (Å²) >= 11 is 0. The zero-order chi connectivity index (χ0) is 26.3. The van der Waals surface area contributed by atoms with Crippen LogP contribution in [-0.4, -0.2) is 61.0 Å². The molecule has 0 amide bonds. The minimum atomic E-state index is 0.298. The van der Waals surface area contributed by atoms with Gasteiger partial charge in [-0.25, -0.2) is 0 Å². The minimum absolute atomic E-state index is 0.298. The number of aryl methyl sites for hydroxylation is 1. The lowest BCUT2D eigenvalue weighted by Gasteiger charge is -2.39. The molecule has 39 heavy (non-hydrogen) atoms. The maximum atomic E-state index is 5.59. The second-order valence-corrected chi connectivity index (χ2v) is 9.96. The predicted octanol–water partition coefficient (Wildman–Crippen LogP) is 5.19. The Morgan fingerprint density at radius 1 is 0.897 bits per heavy atom. The van der Waals surface area contributed by atoms with E-state index in [9.17, 15) is 0 Å². The number of hydrogen-bond donors (Lipinski definition) is 0. The van der Waals surface area contributed by atoms with E-state index in [2.05, 4.69) is 67.4 Å². The van der Waals surface area contributed by atoms with E-state index in [1.54, 1.807) is 4.52 Å². The normalized spacial score (nSPS) is 15.3. The average Bonchev–Trinajstić information content (AvgIpc) is 3.60. The molecule has 9 nitrogen and oxygen atoms in total. The van der Waals surface area contributed by atoms with E-state index < -0.39 is 0 Å². The van der Waals surface area contributed by atoms with Crippen molar-refractivity contribution in [2.75, 3.05) is 31.1 Å². The summed E-state index contributed by atoms with van der Waals surface area (Å²) in [6.45, 7) is 7.98. The zero-order valence-electron chi connectivity index (χ0n) is 21.9. The van der Waals surface area contributed by atoms with Crippen molar-refractivity contribution in [1.82, 2.24) is 34.9 Å². The van der Waals surface area contributed by atoms with Crippen molar-refractivity contribution in [2.24, 2.45) is 0 Å². The van der Waals surface area contributed by atoms with E-state index in [1.807, 2.05) is 55.7 Å². The standard InChI is InChI=1S/C30H28N8O/c1-20(26-10-6-7-13-31-26)36-14-16-37(17-15-36)24-12-11-23-19-32-38-29(25(23)18-24)33-34-30(38)27-21(2)39-35-28(27)22-8-4-3-5-9-22/h3-13,18-20H,14-17H2,1-2H3. The quantitative estimate of drug-likeness (QED) is 0.310. The summed E-state index contributed by atoms with van der Waals surface area (Å²) < 4.78 is 7.39. The van der Waals surface area contributed by atoms with Gasteiger partial charge in [0.2, 0.25) is 0 Å². The summed E-state index contributed by atoms with van der Waals surface area (Å²) in [5.74, 6) is 1.30. The minimum Gasteiger partial charge on any atom is -0.369 e. The number of anilines is 1. The van der Waals surface area contributed by atoms with E-state index in [1.165, 1.54) is 5.69 Å². The van der Waals surface area contributed by atoms with Crippen LogP contribution in [0.25, 0.3) is 39.1 Å². The van der Waals surface area contributed by atoms with Crippen molar-refractivity contribution in [3.8, 4) is 22.6 Å². The van der Waals surface area contributed by atoms with Gasteiger partial charge >= 0.3 is 0 Å². The maximum Gasteiger partial charge on any atom is 0.191 e. The Morgan fingerprint density at radius 2 is 1.72 bits per heavy atom. The van der Waals surface area contributed by atoms with Gasteiger partial charge in [-0.1, -0.05) is 47.6 Å². The molecule has 1 unspecified atom stereocenters. The molecule has 0 bridgehead atoms. The molecule has 1 saturated heterocycles. The molecule has 6 aromatic rings. The van der Waals surface area contributed by atoms with Crippen LogP contribution >= 0.6 is 0 Å². The highest BCUT2D eigenvalue weighted by atomic mass is 16.5. The maximum absolute atomic E-state index is 5.59. The Morgan fingerprint density at radius 3 is 2.51 bits per heavy atom. The molecule has 1 atom stereocenters. The number of benzene rings is 2. The van der Waals surface area contributed by atoms with Gasteiger partial charge in [-0.05, 0) is 38.1 Å². The first-order valence-corrected chi connectivity index (χ1v) is 13.2. The fourth-order valence-corrected chi connectivity index (χ4v) is 5.49. The summed E-state index contributed by atoms with van der Waals surface area (Å²) in [4.78, 5) is 9.49. The third-order valence-electron chi connectivity index (χ3n) is 7.71. The molecule has 1 fully saturated rings. The van der Waals surface area contributed by atoms with E-state index in [4.69, 9.17) is 9.62 Å². The predicted molar refractivity (Wildman–Crippen MR) is 150 cm³/mol. The Hall–Kier alpha value is -4.63. The molecule has 5 heterocycles. The van der Waals surface area contributed by atoms with Crippen LogP contribution in [-0.2, 0) is 0 Å². The Bertz CT molecular complexity index is 1750. The van der Waals surface area contributed by atoms with Crippen molar-refractivity contribution in [2.45, 2.75) is 19.9 Å². The van der Waals surface area contributed by atoms with Gasteiger partial charge in [0.25, 0.3) is 0 Å². The van der Waals surface area contributed by atoms with E-state index in [0.29, 0.717) is 23.3 Å². The van der Waals surface area contributed by atoms with Gasteiger partial charge in [-0.3, -0.25) is 9.88 Å². The van der Waals surface area contributed by atoms with Crippen molar-refractivity contribution in [3.63, 3.8) is 0 Å². The van der Waals surface area contributed by atoms with Crippen LogP contribution < -0.4 is 4.90 Å². The molecule has 0 radical (unpaired) electrons. The highest BCUT2D eigenvalue weighted by Gasteiger charge is 2.25. The molecule has 1 aliphatic rings. The van der Waals surface area contributed by atoms with Crippen molar-refractivity contribution >= 4 is 22.1 Å². The molecule has 0 spiro atoms. The number of piperazine rings is 1. The van der Waals surface area contributed by atoms with Gasteiger partial charge in [0.15, 0.2) is 11.5 Å². The molecule has 1 aliphatic heterocycles. The van der Waals surface area contributed by atoms with Crippen LogP contribution in [0.15, 0.2) is 83.6 Å². The number of fused-ring (bicyclic) bond motifs is 3. The largest absolute Gasteiger partial charge is 0.369 e. The van der Waals surface area contributed by atoms with Crippen molar-refractivity contribution in [1.29, 1.82) is 0 Å². The number of rotatable bonds is 5. The monoisotopic (exact) mass is 516 g/mol. The second kappa shape index (κ2) is 9.59. The summed E-state index contributed by atoms with van der Waals surface area (Å²) in [7, 11) is 0. The smallest absolute Gasteiger partial charge is 0.191 e. The van der Waals surface area contributed by atoms with Crippen LogP contribution in [0.5, 0.6) is 0 Å². The highest BCUT2D eigenvalue weighted by molar-refractivity contribution is 5.96. The number of hydrogen-bond acceptors (Lipinski definition) is 8. The summed E-state index contributed by atoms with van der Waals surface area (Å²) in [5.41, 5.74) is 5.50. The molecule has 0 saturated carbocycles. The number of aromatic nitrogens is 6. The molecular weight excluding hydrogens is 488 g/mol. The van der Waals surface area contributed by atoms with Crippen LogP contribution in [0.2, 0.25) is 0 Å². The van der Waals surface area contributed by atoms with Gasteiger partial charge in [0, 0.05) is 60.4 Å². The summed E-state index contributed by atoms with van der Waals surface area (Å²) in [5, 5.41) is 20.2. The fraction of sp³-hybridized carbons (Fsp3) is 0.233. The SMILES string of the molecule is Cc1onc(-c2ccccc2)c1-c1nnc2c3cc(N4CCN(C(C)c5ccccn5)CC4)ccc3cnn12. The van der Waals surface area contributed by atoms with Crippen molar-refractivity contribution < 1.29 is 4.52 Å². The Labute approximate surface area is 225 Å². The van der Waals surface area contributed by atoms with Gasteiger partial charge in [0.1, 0.15) is 11.5 Å². The first-order valence-electron chi connectivity index (χ1n) is 13.2. The van der Waals surface area contributed by atoms with Gasteiger partial charge in [-0.2, -0.15) is 9.61 Å². The Kier molecular flexibility index (Phi) is 5.78. The molecule has 0 N–H and O–H groups in total. The lowest BCUT2D eigenvalue weighted by Crippen LogP contribution is -2.47. The van der Waals surface area contributed by atoms with Crippen LogP contribution in [0.1, 0.15) is 24.4 Å². The summed E-state index contributed by atoms with van der Waals surface area (Å²) in [6.07, 6.45) is 3.74. The second-order valence-electron chi connectivity index (χ2n) is 9.96. The topological polar surface area (TPSA) is 88.5 Å². The fourth-order valence-electron chi connectivity index (χ4n) is 5.49. The Balaban J connectivity index is 1.20. The van der Waals surface area contributed by atoms with Gasteiger partial charge < -0.3 is 9.42 Å². The van der Waals surface area contributed by atoms with Crippen molar-refractivity contribution in [3.05, 3.63) is 90.6 Å². The molecule has 194 valence electrons. The van der Waals surface area contributed by atoms with Gasteiger partial charge in [-0.15, -0.1) is 10.2 Å². The van der Waals surface area contributed by atoms with Crippen LogP contribution in [0, 0.1) is 6.92 Å². The van der Waals surface area contributed by atoms with E-state index >= 15 is 0 Å². The number of nitrogens with zero attached hydrogens (tertiary/aromatic N) is 8. The molecule has 2 aromatic carbocycles. The molecule has 4 aromatic heterocycles. The van der Waals surface area contributed by atoms with E-state index in [0.717, 1.165) is 59.5 Å². The lowest BCUT2D eigenvalue weighted by molar-refractivity contribution is 0.195. The molecular formula is C30H28N8O. The number of pyridine rings is 1. The molecule has 0 aliphatic carbocycles. The van der Waals surface area contributed by atoms with Crippen LogP contribution in [0.4, 0.5) is 5.69 Å². The highest BCUT2D eigenvalue weighted by Crippen LogP contribution is 2.34. The third-order valence-corrected chi connectivity index (χ3v) is 7.71.